The predicted molar refractivity (Wildman–Crippen MR) is 116 cm³/mol. The molecule has 0 unspecified atom stereocenters. The molecule has 0 amide bonds. The van der Waals surface area contributed by atoms with Gasteiger partial charge in [-0.1, -0.05) is 28.1 Å². The van der Waals surface area contributed by atoms with Crippen LogP contribution in [0, 0.1) is 13.8 Å². The number of aryl methyl sites for hydroxylation is 2. The van der Waals surface area contributed by atoms with Crippen molar-refractivity contribution < 1.29 is 19.3 Å². The summed E-state index contributed by atoms with van der Waals surface area (Å²) in [6.45, 7) is 5.82. The average molecular weight is 443 g/mol. The molecule has 6 nitrogen and oxygen atoms in total. The number of phenols is 1. The molecule has 2 aromatic carbocycles. The van der Waals surface area contributed by atoms with Gasteiger partial charge in [0.25, 0.3) is 0 Å². The monoisotopic (exact) mass is 442 g/mol. The van der Waals surface area contributed by atoms with Gasteiger partial charge in [0, 0.05) is 43.1 Å². The number of ether oxygens (including phenoxy) is 3. The SMILES string of the molecule is COCCBr.COCCOc1ccc(C)c(N)c1.Cc1ccc(O)cc1N. The van der Waals surface area contributed by atoms with Crippen molar-refractivity contribution in [3.05, 3.63) is 47.5 Å². The highest BCUT2D eigenvalue weighted by Gasteiger charge is 1.96. The fraction of sp³-hybridized carbons (Fsp3) is 0.400. The Balaban J connectivity index is 0.000000419. The molecule has 7 heteroatoms. The van der Waals surface area contributed by atoms with Crippen molar-refractivity contribution in [3.63, 3.8) is 0 Å². The summed E-state index contributed by atoms with van der Waals surface area (Å²) < 4.78 is 14.9. The van der Waals surface area contributed by atoms with Crippen molar-refractivity contribution >= 4 is 27.3 Å². The van der Waals surface area contributed by atoms with Gasteiger partial charge in [-0.25, -0.2) is 0 Å². The lowest BCUT2D eigenvalue weighted by Gasteiger charge is -2.07. The summed E-state index contributed by atoms with van der Waals surface area (Å²) in [5, 5.41) is 9.79. The number of methoxy groups -OCH3 is 2. The predicted octanol–water partition coefficient (Wildman–Crippen LogP) is 3.91. The minimum absolute atomic E-state index is 0.220. The molecule has 0 aliphatic rings. The van der Waals surface area contributed by atoms with E-state index in [4.69, 9.17) is 26.0 Å². The summed E-state index contributed by atoms with van der Waals surface area (Å²) in [6, 6.07) is 10.6. The van der Waals surface area contributed by atoms with Gasteiger partial charge in [-0.15, -0.1) is 0 Å². The summed E-state index contributed by atoms with van der Waals surface area (Å²) in [5.74, 6) is 1.01. The zero-order valence-electron chi connectivity index (χ0n) is 16.5. The van der Waals surface area contributed by atoms with Crippen molar-refractivity contribution in [1.82, 2.24) is 0 Å². The molecule has 0 fully saturated rings. The van der Waals surface area contributed by atoms with E-state index in [2.05, 4.69) is 20.7 Å². The maximum absolute atomic E-state index is 8.86. The molecule has 0 radical (unpaired) electrons. The molecule has 27 heavy (non-hydrogen) atoms. The second kappa shape index (κ2) is 15.1. The van der Waals surface area contributed by atoms with Crippen molar-refractivity contribution in [1.29, 1.82) is 0 Å². The summed E-state index contributed by atoms with van der Waals surface area (Å²) in [7, 11) is 3.33. The highest BCUT2D eigenvalue weighted by Crippen LogP contribution is 2.18. The van der Waals surface area contributed by atoms with Gasteiger partial charge in [0.15, 0.2) is 0 Å². The Kier molecular flexibility index (Phi) is 14.0. The van der Waals surface area contributed by atoms with E-state index in [0.717, 1.165) is 34.5 Å². The Hall–Kier alpha value is -1.96. The van der Waals surface area contributed by atoms with E-state index in [1.807, 2.05) is 32.0 Å². The zero-order valence-corrected chi connectivity index (χ0v) is 18.1. The average Bonchev–Trinajstić information content (AvgIpc) is 2.63. The normalized spacial score (nSPS) is 9.52. The number of hydrogen-bond acceptors (Lipinski definition) is 6. The van der Waals surface area contributed by atoms with Gasteiger partial charge >= 0.3 is 0 Å². The summed E-state index contributed by atoms with van der Waals surface area (Å²) in [4.78, 5) is 0. The van der Waals surface area contributed by atoms with Gasteiger partial charge < -0.3 is 30.8 Å². The van der Waals surface area contributed by atoms with Gasteiger partial charge in [-0.05, 0) is 37.1 Å². The molecule has 0 spiro atoms. The van der Waals surface area contributed by atoms with Crippen LogP contribution in [0.15, 0.2) is 36.4 Å². The minimum Gasteiger partial charge on any atom is -0.508 e. The third-order valence-corrected chi connectivity index (χ3v) is 3.67. The molecule has 0 atom stereocenters. The van der Waals surface area contributed by atoms with Crippen molar-refractivity contribution in [3.8, 4) is 11.5 Å². The number of nitrogens with two attached hydrogens (primary N) is 2. The van der Waals surface area contributed by atoms with Gasteiger partial charge in [0.05, 0.1) is 13.2 Å². The number of alkyl halides is 1. The molecule has 0 aromatic heterocycles. The first-order valence-corrected chi connectivity index (χ1v) is 9.55. The second-order valence-electron chi connectivity index (χ2n) is 5.58. The summed E-state index contributed by atoms with van der Waals surface area (Å²) >= 11 is 3.18. The van der Waals surface area contributed by atoms with Crippen LogP contribution >= 0.6 is 15.9 Å². The van der Waals surface area contributed by atoms with Crippen molar-refractivity contribution in [2.24, 2.45) is 0 Å². The third-order valence-electron chi connectivity index (χ3n) is 3.35. The van der Waals surface area contributed by atoms with Crippen LogP contribution in [-0.2, 0) is 9.47 Å². The third kappa shape index (κ3) is 12.1. The smallest absolute Gasteiger partial charge is 0.121 e. The van der Waals surface area contributed by atoms with Gasteiger partial charge in [0.2, 0.25) is 0 Å². The number of anilines is 2. The van der Waals surface area contributed by atoms with Crippen molar-refractivity contribution in [2.45, 2.75) is 13.8 Å². The van der Waals surface area contributed by atoms with Crippen molar-refractivity contribution in [2.75, 3.05) is 50.8 Å². The van der Waals surface area contributed by atoms with Crippen LogP contribution in [0.1, 0.15) is 11.1 Å². The molecular formula is C20H31BrN2O4. The first-order valence-electron chi connectivity index (χ1n) is 8.43. The topological polar surface area (TPSA) is 100.0 Å². The number of nitrogen functional groups attached to an aromatic ring is 2. The minimum atomic E-state index is 0.220. The van der Waals surface area contributed by atoms with Gasteiger partial charge in [0.1, 0.15) is 18.1 Å². The van der Waals surface area contributed by atoms with Crippen LogP contribution in [-0.4, -0.2) is 44.5 Å². The van der Waals surface area contributed by atoms with Crippen LogP contribution in [0.4, 0.5) is 11.4 Å². The Labute approximate surface area is 170 Å². The van der Waals surface area contributed by atoms with Crippen LogP contribution in [0.25, 0.3) is 0 Å². The molecule has 0 heterocycles. The van der Waals surface area contributed by atoms with Crippen LogP contribution in [0.5, 0.6) is 11.5 Å². The van der Waals surface area contributed by atoms with E-state index >= 15 is 0 Å². The van der Waals surface area contributed by atoms with Gasteiger partial charge in [-0.3, -0.25) is 0 Å². The molecule has 0 aliphatic carbocycles. The standard InChI is InChI=1S/C10H15NO2.C7H9NO.C3H7BrO/c1-8-3-4-9(7-10(8)11)13-6-5-12-2;1-5-2-3-6(9)4-7(5)8;1-5-3-2-4/h3-4,7H,5-6,11H2,1-2H3;2-4,9H,8H2,1H3;2-3H2,1H3. The number of aromatic hydroxyl groups is 1. The molecule has 0 aliphatic heterocycles. The highest BCUT2D eigenvalue weighted by molar-refractivity contribution is 9.09. The lowest BCUT2D eigenvalue weighted by Crippen LogP contribution is -2.04. The Bertz CT molecular complexity index is 652. The molecule has 152 valence electrons. The van der Waals surface area contributed by atoms with E-state index in [9.17, 15) is 0 Å². The molecule has 2 aromatic rings. The zero-order chi connectivity index (χ0) is 20.7. The molecule has 5 N–H and O–H groups in total. The van der Waals surface area contributed by atoms with E-state index in [1.54, 1.807) is 26.4 Å². The van der Waals surface area contributed by atoms with Crippen LogP contribution in [0.2, 0.25) is 0 Å². The largest absolute Gasteiger partial charge is 0.508 e. The second-order valence-corrected chi connectivity index (χ2v) is 6.38. The Morgan fingerprint density at radius 3 is 1.81 bits per heavy atom. The highest BCUT2D eigenvalue weighted by atomic mass is 79.9. The lowest BCUT2D eigenvalue weighted by atomic mass is 10.2. The number of phenolic OH excluding ortho intramolecular Hbond substituents is 1. The quantitative estimate of drug-likeness (QED) is 0.356. The summed E-state index contributed by atoms with van der Waals surface area (Å²) in [5.41, 5.74) is 14.6. The number of benzene rings is 2. The van der Waals surface area contributed by atoms with E-state index in [0.29, 0.717) is 18.9 Å². The lowest BCUT2D eigenvalue weighted by molar-refractivity contribution is 0.146. The first-order chi connectivity index (χ1) is 12.8. The molecule has 0 saturated heterocycles. The van der Waals surface area contributed by atoms with Gasteiger partial charge in [-0.2, -0.15) is 0 Å². The number of hydrogen-bond donors (Lipinski definition) is 3. The molecule has 0 bridgehead atoms. The number of rotatable bonds is 6. The first kappa shape index (κ1) is 25.0. The maximum Gasteiger partial charge on any atom is 0.121 e. The Morgan fingerprint density at radius 2 is 1.41 bits per heavy atom. The van der Waals surface area contributed by atoms with E-state index < -0.39 is 0 Å². The summed E-state index contributed by atoms with van der Waals surface area (Å²) in [6.07, 6.45) is 0. The maximum atomic E-state index is 8.86. The fourth-order valence-corrected chi connectivity index (χ4v) is 1.98. The molecule has 2 rings (SSSR count). The van der Waals surface area contributed by atoms with E-state index in [-0.39, 0.29) is 5.75 Å². The molecular weight excluding hydrogens is 412 g/mol. The van der Waals surface area contributed by atoms with Crippen LogP contribution < -0.4 is 16.2 Å². The molecule has 0 saturated carbocycles. The fourth-order valence-electron chi connectivity index (χ4n) is 1.66. The van der Waals surface area contributed by atoms with E-state index in [1.165, 1.54) is 6.07 Å². The van der Waals surface area contributed by atoms with Crippen LogP contribution in [0.3, 0.4) is 0 Å². The Morgan fingerprint density at radius 1 is 0.852 bits per heavy atom. The number of halogens is 1.